The van der Waals surface area contributed by atoms with E-state index in [9.17, 15) is 4.79 Å². The lowest BCUT2D eigenvalue weighted by molar-refractivity contribution is -0.133. The van der Waals surface area contributed by atoms with Crippen LogP contribution in [0.25, 0.3) is 0 Å². The SMILES string of the molecule is COC(=O)C#Cc1ccc(C#N)cc1C. The molecule has 1 aromatic rings. The smallest absolute Gasteiger partial charge is 0.384 e. The molecule has 0 saturated heterocycles. The van der Waals surface area contributed by atoms with Gasteiger partial charge in [-0.2, -0.15) is 5.26 Å². The van der Waals surface area contributed by atoms with E-state index in [-0.39, 0.29) is 0 Å². The predicted molar refractivity (Wildman–Crippen MR) is 54.8 cm³/mol. The number of carbonyl (C=O) groups excluding carboxylic acids is 1. The van der Waals surface area contributed by atoms with Gasteiger partial charge in [0.1, 0.15) is 0 Å². The quantitative estimate of drug-likeness (QED) is 0.468. The lowest BCUT2D eigenvalue weighted by Crippen LogP contribution is -1.95. The molecular weight excluding hydrogens is 190 g/mol. The van der Waals surface area contributed by atoms with Gasteiger partial charge in [0.25, 0.3) is 0 Å². The van der Waals surface area contributed by atoms with E-state index in [0.717, 1.165) is 11.1 Å². The molecule has 1 rings (SSSR count). The van der Waals surface area contributed by atoms with Crippen molar-refractivity contribution in [2.45, 2.75) is 6.92 Å². The summed E-state index contributed by atoms with van der Waals surface area (Å²) < 4.78 is 4.39. The number of hydrogen-bond acceptors (Lipinski definition) is 3. The number of ether oxygens (including phenoxy) is 1. The van der Waals surface area contributed by atoms with Crippen LogP contribution in [-0.4, -0.2) is 13.1 Å². The number of hydrogen-bond donors (Lipinski definition) is 0. The molecule has 0 saturated carbocycles. The molecule has 0 heterocycles. The third-order valence-electron chi connectivity index (χ3n) is 1.84. The summed E-state index contributed by atoms with van der Waals surface area (Å²) in [6.07, 6.45) is 0. The Labute approximate surface area is 88.3 Å². The van der Waals surface area contributed by atoms with Gasteiger partial charge in [-0.3, -0.25) is 0 Å². The van der Waals surface area contributed by atoms with Gasteiger partial charge in [-0.1, -0.05) is 5.92 Å². The van der Waals surface area contributed by atoms with Crippen LogP contribution in [0.15, 0.2) is 18.2 Å². The summed E-state index contributed by atoms with van der Waals surface area (Å²) in [6, 6.07) is 7.13. The third-order valence-corrected chi connectivity index (χ3v) is 1.84. The summed E-state index contributed by atoms with van der Waals surface area (Å²) in [4.78, 5) is 10.8. The molecule has 3 heteroatoms. The van der Waals surface area contributed by atoms with Crippen molar-refractivity contribution in [3.8, 4) is 17.9 Å². The summed E-state index contributed by atoms with van der Waals surface area (Å²) in [5.41, 5.74) is 2.17. The number of aryl methyl sites for hydroxylation is 1. The molecule has 74 valence electrons. The molecule has 0 amide bonds. The first-order valence-electron chi connectivity index (χ1n) is 4.28. The summed E-state index contributed by atoms with van der Waals surface area (Å²) >= 11 is 0. The van der Waals surface area contributed by atoms with Crippen LogP contribution < -0.4 is 0 Å². The molecule has 0 unspecified atom stereocenters. The van der Waals surface area contributed by atoms with Crippen molar-refractivity contribution in [1.82, 2.24) is 0 Å². The Balaban J connectivity index is 3.01. The molecule has 0 aliphatic heterocycles. The van der Waals surface area contributed by atoms with Crippen molar-refractivity contribution in [1.29, 1.82) is 5.26 Å². The van der Waals surface area contributed by atoms with Crippen LogP contribution in [0.2, 0.25) is 0 Å². The van der Waals surface area contributed by atoms with E-state index < -0.39 is 5.97 Å². The molecule has 0 fully saturated rings. The predicted octanol–water partition coefficient (Wildman–Crippen LogP) is 1.39. The number of methoxy groups -OCH3 is 1. The molecule has 0 aliphatic rings. The van der Waals surface area contributed by atoms with Gasteiger partial charge in [0, 0.05) is 11.5 Å². The fraction of sp³-hybridized carbons (Fsp3) is 0.167. The minimum Gasteiger partial charge on any atom is -0.459 e. The lowest BCUT2D eigenvalue weighted by Gasteiger charge is -1.97. The number of esters is 1. The van der Waals surface area contributed by atoms with Gasteiger partial charge < -0.3 is 4.74 Å². The van der Waals surface area contributed by atoms with Crippen molar-refractivity contribution in [3.63, 3.8) is 0 Å². The zero-order valence-electron chi connectivity index (χ0n) is 8.50. The highest BCUT2D eigenvalue weighted by Gasteiger charge is 1.97. The van der Waals surface area contributed by atoms with E-state index in [1.54, 1.807) is 18.2 Å². The van der Waals surface area contributed by atoms with Crippen molar-refractivity contribution in [2.24, 2.45) is 0 Å². The van der Waals surface area contributed by atoms with Crippen LogP contribution in [0.4, 0.5) is 0 Å². The Hall–Kier alpha value is -2.26. The van der Waals surface area contributed by atoms with Crippen LogP contribution in [0.3, 0.4) is 0 Å². The largest absolute Gasteiger partial charge is 0.459 e. The van der Waals surface area contributed by atoms with Gasteiger partial charge in [0.15, 0.2) is 0 Å². The maximum atomic E-state index is 10.8. The standard InChI is InChI=1S/C12H9NO2/c1-9-7-10(8-13)3-4-11(9)5-6-12(14)15-2/h3-4,7H,1-2H3. The summed E-state index contributed by atoms with van der Waals surface area (Å²) in [5.74, 6) is 4.44. The van der Waals surface area contributed by atoms with Crippen molar-refractivity contribution in [2.75, 3.05) is 7.11 Å². The van der Waals surface area contributed by atoms with E-state index >= 15 is 0 Å². The van der Waals surface area contributed by atoms with Crippen molar-refractivity contribution in [3.05, 3.63) is 34.9 Å². The maximum Gasteiger partial charge on any atom is 0.384 e. The fourth-order valence-corrected chi connectivity index (χ4v) is 1.04. The van der Waals surface area contributed by atoms with Gasteiger partial charge in [-0.25, -0.2) is 4.79 Å². The third kappa shape index (κ3) is 2.86. The zero-order chi connectivity index (χ0) is 11.3. The molecule has 0 radical (unpaired) electrons. The second-order valence-electron chi connectivity index (χ2n) is 2.88. The first-order valence-corrected chi connectivity index (χ1v) is 4.28. The van der Waals surface area contributed by atoms with Crippen LogP contribution >= 0.6 is 0 Å². The molecule has 0 bridgehead atoms. The van der Waals surface area contributed by atoms with Gasteiger partial charge in [-0.05, 0) is 30.7 Å². The molecule has 15 heavy (non-hydrogen) atoms. The molecule has 3 nitrogen and oxygen atoms in total. The summed E-state index contributed by atoms with van der Waals surface area (Å²) in [6.45, 7) is 1.84. The Kier molecular flexibility index (Phi) is 3.49. The number of nitriles is 1. The Bertz CT molecular complexity index is 487. The van der Waals surface area contributed by atoms with E-state index in [0.29, 0.717) is 5.56 Å². The topological polar surface area (TPSA) is 50.1 Å². The number of rotatable bonds is 0. The second kappa shape index (κ2) is 4.83. The molecule has 0 atom stereocenters. The van der Waals surface area contributed by atoms with Crippen LogP contribution in [0, 0.1) is 30.1 Å². The molecule has 0 spiro atoms. The average molecular weight is 199 g/mol. The second-order valence-corrected chi connectivity index (χ2v) is 2.88. The minimum absolute atomic E-state index is 0.571. The van der Waals surface area contributed by atoms with E-state index in [4.69, 9.17) is 5.26 Å². The number of nitrogens with zero attached hydrogens (tertiary/aromatic N) is 1. The highest BCUT2D eigenvalue weighted by molar-refractivity contribution is 5.89. The number of carbonyl (C=O) groups is 1. The molecule has 0 aliphatic carbocycles. The highest BCUT2D eigenvalue weighted by atomic mass is 16.5. The highest BCUT2D eigenvalue weighted by Crippen LogP contribution is 2.08. The van der Waals surface area contributed by atoms with Gasteiger partial charge in [0.2, 0.25) is 0 Å². The van der Waals surface area contributed by atoms with Crippen molar-refractivity contribution < 1.29 is 9.53 Å². The Morgan fingerprint density at radius 1 is 1.47 bits per heavy atom. The molecule has 0 N–H and O–H groups in total. The normalized spacial score (nSPS) is 8.33. The summed E-state index contributed by atoms with van der Waals surface area (Å²) in [7, 11) is 1.28. The first-order chi connectivity index (χ1) is 7.17. The van der Waals surface area contributed by atoms with Crippen molar-refractivity contribution >= 4 is 5.97 Å². The molecular formula is C12H9NO2. The molecule has 0 aromatic heterocycles. The average Bonchev–Trinajstić information content (AvgIpc) is 2.26. The Morgan fingerprint density at radius 3 is 2.73 bits per heavy atom. The fourth-order valence-electron chi connectivity index (χ4n) is 1.04. The van der Waals surface area contributed by atoms with Gasteiger partial charge >= 0.3 is 5.97 Å². The van der Waals surface area contributed by atoms with Gasteiger partial charge in [-0.15, -0.1) is 0 Å². The zero-order valence-corrected chi connectivity index (χ0v) is 8.50. The number of benzene rings is 1. The van der Waals surface area contributed by atoms with Crippen LogP contribution in [-0.2, 0) is 9.53 Å². The summed E-state index contributed by atoms with van der Waals surface area (Å²) in [5, 5.41) is 8.65. The van der Waals surface area contributed by atoms with Crippen LogP contribution in [0.5, 0.6) is 0 Å². The first kappa shape index (κ1) is 10.8. The Morgan fingerprint density at radius 2 is 2.20 bits per heavy atom. The van der Waals surface area contributed by atoms with E-state index in [2.05, 4.69) is 16.6 Å². The van der Waals surface area contributed by atoms with Gasteiger partial charge in [0.05, 0.1) is 18.7 Å². The van der Waals surface area contributed by atoms with E-state index in [1.807, 2.05) is 13.0 Å². The monoisotopic (exact) mass is 199 g/mol. The molecule has 1 aromatic carbocycles. The minimum atomic E-state index is -0.571. The van der Waals surface area contributed by atoms with E-state index in [1.165, 1.54) is 7.11 Å². The van der Waals surface area contributed by atoms with Crippen LogP contribution in [0.1, 0.15) is 16.7 Å². The lowest BCUT2D eigenvalue weighted by atomic mass is 10.1. The maximum absolute atomic E-state index is 10.8.